The third kappa shape index (κ3) is 3.01. The van der Waals surface area contributed by atoms with Crippen molar-refractivity contribution in [3.05, 3.63) is 66.6 Å². The maximum atomic E-state index is 5.57. The average Bonchev–Trinajstić information content (AvgIpc) is 3.03. The maximum absolute atomic E-state index is 5.57. The molecule has 3 aromatic heterocycles. The van der Waals surface area contributed by atoms with E-state index in [0.717, 1.165) is 33.9 Å². The number of nitrogens with one attached hydrogen (secondary N) is 1. The average molecular weight is 331 g/mol. The molecule has 0 aliphatic heterocycles. The van der Waals surface area contributed by atoms with Crippen LogP contribution < -0.4 is 10.1 Å². The maximum Gasteiger partial charge on any atom is 0.247 e. The minimum Gasteiger partial charge on any atom is -0.496 e. The minimum absolute atomic E-state index is 0.542. The predicted octanol–water partition coefficient (Wildman–Crippen LogP) is 3.85. The topological polar surface area (TPSA) is 64.3 Å². The summed E-state index contributed by atoms with van der Waals surface area (Å²) in [5.41, 5.74) is 4.71. The van der Waals surface area contributed by atoms with E-state index in [1.165, 1.54) is 0 Å². The quantitative estimate of drug-likeness (QED) is 0.615. The number of rotatable bonds is 4. The van der Waals surface area contributed by atoms with Crippen molar-refractivity contribution in [1.29, 1.82) is 0 Å². The number of hydrogen-bond acceptors (Lipinski definition) is 5. The van der Waals surface area contributed by atoms with Gasteiger partial charge < -0.3 is 10.1 Å². The first-order valence-electron chi connectivity index (χ1n) is 7.92. The summed E-state index contributed by atoms with van der Waals surface area (Å²) >= 11 is 0. The van der Waals surface area contributed by atoms with Gasteiger partial charge in [0.2, 0.25) is 5.95 Å². The Morgan fingerprint density at radius 1 is 1.08 bits per heavy atom. The normalized spacial score (nSPS) is 10.8. The Morgan fingerprint density at radius 3 is 2.80 bits per heavy atom. The van der Waals surface area contributed by atoms with Crippen LogP contribution in [0.2, 0.25) is 0 Å². The van der Waals surface area contributed by atoms with Crippen molar-refractivity contribution < 1.29 is 4.74 Å². The molecule has 0 saturated carbocycles. The van der Waals surface area contributed by atoms with Crippen molar-refractivity contribution in [3.63, 3.8) is 0 Å². The molecule has 0 saturated heterocycles. The number of anilines is 2. The molecule has 0 unspecified atom stereocenters. The summed E-state index contributed by atoms with van der Waals surface area (Å²) in [6.07, 6.45) is 3.67. The van der Waals surface area contributed by atoms with Crippen LogP contribution in [0.5, 0.6) is 5.75 Å². The molecule has 4 rings (SSSR count). The van der Waals surface area contributed by atoms with Crippen molar-refractivity contribution >= 4 is 17.3 Å². The lowest BCUT2D eigenvalue weighted by Gasteiger charge is -2.11. The van der Waals surface area contributed by atoms with Crippen LogP contribution in [-0.4, -0.2) is 26.7 Å². The number of benzene rings is 1. The van der Waals surface area contributed by atoms with Gasteiger partial charge in [0.05, 0.1) is 7.11 Å². The Labute approximate surface area is 145 Å². The van der Waals surface area contributed by atoms with Crippen LogP contribution in [0.3, 0.4) is 0 Å². The highest BCUT2D eigenvalue weighted by atomic mass is 16.5. The summed E-state index contributed by atoms with van der Waals surface area (Å²) in [5, 5.41) is 7.62. The number of fused-ring (bicyclic) bond motifs is 1. The standard InChI is InChI=1S/C19H17N5O/c1-13-11-14(8-9-20-13)16-7-6-15(12-17(16)25-2)21-19-22-18-5-3-4-10-24(18)23-19/h3-12H,1-2H3,(H,21,23). The zero-order valence-corrected chi connectivity index (χ0v) is 14.0. The molecule has 6 heteroatoms. The Balaban J connectivity index is 1.67. The molecule has 4 aromatic rings. The Morgan fingerprint density at radius 2 is 2.00 bits per heavy atom. The SMILES string of the molecule is COc1cc(Nc2nc3ccccn3n2)ccc1-c1ccnc(C)c1. The molecule has 124 valence electrons. The van der Waals surface area contributed by atoms with Gasteiger partial charge in [-0.3, -0.25) is 4.98 Å². The minimum atomic E-state index is 0.542. The van der Waals surface area contributed by atoms with Gasteiger partial charge in [-0.15, -0.1) is 5.10 Å². The lowest BCUT2D eigenvalue weighted by atomic mass is 10.0. The second-order valence-corrected chi connectivity index (χ2v) is 5.66. The largest absolute Gasteiger partial charge is 0.496 e. The highest BCUT2D eigenvalue weighted by molar-refractivity contribution is 5.74. The second-order valence-electron chi connectivity index (χ2n) is 5.66. The van der Waals surface area contributed by atoms with E-state index in [2.05, 4.69) is 20.4 Å². The highest BCUT2D eigenvalue weighted by Crippen LogP contribution is 2.33. The van der Waals surface area contributed by atoms with Crippen LogP contribution in [0.4, 0.5) is 11.6 Å². The smallest absolute Gasteiger partial charge is 0.247 e. The summed E-state index contributed by atoms with van der Waals surface area (Å²) in [7, 11) is 1.67. The van der Waals surface area contributed by atoms with E-state index in [-0.39, 0.29) is 0 Å². The van der Waals surface area contributed by atoms with Crippen molar-refractivity contribution in [2.45, 2.75) is 6.92 Å². The molecule has 0 radical (unpaired) electrons. The molecule has 1 aromatic carbocycles. The molecule has 3 heterocycles. The van der Waals surface area contributed by atoms with Gasteiger partial charge in [-0.05, 0) is 48.9 Å². The van der Waals surface area contributed by atoms with Gasteiger partial charge in [-0.2, -0.15) is 4.98 Å². The summed E-state index contributed by atoms with van der Waals surface area (Å²) in [6, 6.07) is 15.7. The molecule has 6 nitrogen and oxygen atoms in total. The van der Waals surface area contributed by atoms with Crippen molar-refractivity contribution in [2.75, 3.05) is 12.4 Å². The summed E-state index contributed by atoms with van der Waals surface area (Å²) in [6.45, 7) is 1.97. The van der Waals surface area contributed by atoms with E-state index in [0.29, 0.717) is 5.95 Å². The summed E-state index contributed by atoms with van der Waals surface area (Å²) < 4.78 is 7.30. The summed E-state index contributed by atoms with van der Waals surface area (Å²) in [4.78, 5) is 8.69. The van der Waals surface area contributed by atoms with Crippen molar-refractivity contribution in [3.8, 4) is 16.9 Å². The van der Waals surface area contributed by atoms with Gasteiger partial charge in [0.15, 0.2) is 5.65 Å². The molecule has 0 atom stereocenters. The molecule has 0 amide bonds. The van der Waals surface area contributed by atoms with Crippen LogP contribution >= 0.6 is 0 Å². The van der Waals surface area contributed by atoms with E-state index in [4.69, 9.17) is 4.74 Å². The number of aromatic nitrogens is 4. The molecular formula is C19H17N5O. The second kappa shape index (κ2) is 6.24. The lowest BCUT2D eigenvalue weighted by molar-refractivity contribution is 0.416. The Kier molecular flexibility index (Phi) is 3.78. The number of ether oxygens (including phenoxy) is 1. The molecule has 0 aliphatic carbocycles. The number of aryl methyl sites for hydroxylation is 1. The van der Waals surface area contributed by atoms with Crippen LogP contribution in [-0.2, 0) is 0 Å². The number of nitrogens with zero attached hydrogens (tertiary/aromatic N) is 4. The van der Waals surface area contributed by atoms with Crippen molar-refractivity contribution in [2.24, 2.45) is 0 Å². The van der Waals surface area contributed by atoms with E-state index < -0.39 is 0 Å². The van der Waals surface area contributed by atoms with E-state index >= 15 is 0 Å². The van der Waals surface area contributed by atoms with E-state index in [9.17, 15) is 0 Å². The molecule has 0 fully saturated rings. The zero-order valence-electron chi connectivity index (χ0n) is 14.0. The Hall–Kier alpha value is -3.41. The van der Waals surface area contributed by atoms with Gasteiger partial charge in [0.25, 0.3) is 0 Å². The first-order valence-corrected chi connectivity index (χ1v) is 7.92. The third-order valence-corrected chi connectivity index (χ3v) is 3.91. The molecule has 1 N–H and O–H groups in total. The first kappa shape index (κ1) is 15.1. The third-order valence-electron chi connectivity index (χ3n) is 3.91. The van der Waals surface area contributed by atoms with Crippen LogP contribution in [0.15, 0.2) is 60.9 Å². The number of hydrogen-bond donors (Lipinski definition) is 1. The molecule has 25 heavy (non-hydrogen) atoms. The highest BCUT2D eigenvalue weighted by Gasteiger charge is 2.09. The molecular weight excluding hydrogens is 314 g/mol. The fourth-order valence-corrected chi connectivity index (χ4v) is 2.73. The van der Waals surface area contributed by atoms with Gasteiger partial charge in [-0.1, -0.05) is 6.07 Å². The monoisotopic (exact) mass is 331 g/mol. The van der Waals surface area contributed by atoms with Gasteiger partial charge in [-0.25, -0.2) is 4.52 Å². The molecule has 0 spiro atoms. The van der Waals surface area contributed by atoms with E-state index in [1.54, 1.807) is 17.8 Å². The van der Waals surface area contributed by atoms with Gasteiger partial charge >= 0.3 is 0 Å². The van der Waals surface area contributed by atoms with Gasteiger partial charge in [0.1, 0.15) is 5.75 Å². The fraction of sp³-hybridized carbons (Fsp3) is 0.105. The van der Waals surface area contributed by atoms with Crippen LogP contribution in [0.1, 0.15) is 5.69 Å². The lowest BCUT2D eigenvalue weighted by Crippen LogP contribution is -1.95. The van der Waals surface area contributed by atoms with Gasteiger partial charge in [0, 0.05) is 35.4 Å². The number of methoxy groups -OCH3 is 1. The molecule has 0 aliphatic rings. The van der Waals surface area contributed by atoms with Crippen LogP contribution in [0, 0.1) is 6.92 Å². The fourth-order valence-electron chi connectivity index (χ4n) is 2.73. The predicted molar refractivity (Wildman–Crippen MR) is 97.2 cm³/mol. The first-order chi connectivity index (χ1) is 12.2. The summed E-state index contributed by atoms with van der Waals surface area (Å²) in [5.74, 6) is 1.32. The molecule has 0 bridgehead atoms. The number of pyridine rings is 2. The van der Waals surface area contributed by atoms with Crippen molar-refractivity contribution in [1.82, 2.24) is 19.6 Å². The zero-order chi connectivity index (χ0) is 17.2. The Bertz CT molecular complexity index is 1010. The van der Waals surface area contributed by atoms with Crippen LogP contribution in [0.25, 0.3) is 16.8 Å². The van der Waals surface area contributed by atoms with E-state index in [1.807, 2.05) is 61.7 Å².